The minimum atomic E-state index is -0.0876. The van der Waals surface area contributed by atoms with E-state index >= 15 is 0 Å². The lowest BCUT2D eigenvalue weighted by molar-refractivity contribution is -0.114. The van der Waals surface area contributed by atoms with Gasteiger partial charge in [-0.25, -0.2) is 4.98 Å². The lowest BCUT2D eigenvalue weighted by atomic mass is 10.2. The number of thiazole rings is 1. The number of carbonyl (C=O) groups is 1. The first-order chi connectivity index (χ1) is 12.0. The van der Waals surface area contributed by atoms with Gasteiger partial charge in [-0.1, -0.05) is 33.3 Å². The minimum absolute atomic E-state index is 0.0876. The molecule has 0 saturated heterocycles. The van der Waals surface area contributed by atoms with Gasteiger partial charge in [0.05, 0.1) is 18.4 Å². The number of ether oxygens (including phenoxy) is 1. The van der Waals surface area contributed by atoms with Gasteiger partial charge in [0.25, 0.3) is 0 Å². The van der Waals surface area contributed by atoms with Gasteiger partial charge < -0.3 is 15.0 Å². The number of amides is 1. The number of aryl methyl sites for hydroxylation is 1. The maximum absolute atomic E-state index is 12.3. The van der Waals surface area contributed by atoms with Crippen molar-refractivity contribution >= 4 is 54.2 Å². The number of halogens is 1. The first-order valence-electron chi connectivity index (χ1n) is 7.68. The largest absolute Gasteiger partial charge is 0.494 e. The zero-order valence-corrected chi connectivity index (χ0v) is 16.6. The highest BCUT2D eigenvalue weighted by Crippen LogP contribution is 2.33. The molecule has 130 valence electrons. The molecular weight excluding hydrogens is 402 g/mol. The molecule has 1 aromatic heterocycles. The number of anilines is 2. The maximum atomic E-state index is 12.3. The Morgan fingerprint density at radius 2 is 2.16 bits per heavy atom. The van der Waals surface area contributed by atoms with Gasteiger partial charge in [-0.05, 0) is 42.8 Å². The third kappa shape index (κ3) is 3.93. The molecule has 7 heteroatoms. The molecule has 0 saturated carbocycles. The number of rotatable bonds is 5. The van der Waals surface area contributed by atoms with E-state index in [1.54, 1.807) is 7.11 Å². The van der Waals surface area contributed by atoms with Gasteiger partial charge in [-0.2, -0.15) is 0 Å². The summed E-state index contributed by atoms with van der Waals surface area (Å²) in [5.74, 6) is 0.652. The fourth-order valence-corrected chi connectivity index (χ4v) is 3.64. The topological polar surface area (TPSA) is 54.5 Å². The standard InChI is InChI=1S/C18H18BrN3O2S/c1-11-9-12(7-8-13(11)19)20-16(23)10-22(2)18-21-17-14(24-3)5-4-6-15(17)25-18/h4-9H,10H2,1-3H3,(H,20,23). The Labute approximate surface area is 158 Å². The molecule has 0 spiro atoms. The van der Waals surface area contributed by atoms with Gasteiger partial charge >= 0.3 is 0 Å². The van der Waals surface area contributed by atoms with Gasteiger partial charge in [0.15, 0.2) is 5.13 Å². The van der Waals surface area contributed by atoms with E-state index in [0.29, 0.717) is 0 Å². The SMILES string of the molecule is COc1cccc2sc(N(C)CC(=O)Nc3ccc(Br)c(C)c3)nc12. The number of hydrogen-bond donors (Lipinski definition) is 1. The molecule has 3 aromatic rings. The number of carbonyl (C=O) groups excluding carboxylic acids is 1. The third-order valence-electron chi connectivity index (χ3n) is 3.74. The minimum Gasteiger partial charge on any atom is -0.494 e. The van der Waals surface area contributed by atoms with Crippen LogP contribution in [-0.4, -0.2) is 31.6 Å². The summed E-state index contributed by atoms with van der Waals surface area (Å²) in [6.45, 7) is 2.21. The summed E-state index contributed by atoms with van der Waals surface area (Å²) >= 11 is 4.99. The molecule has 0 aliphatic heterocycles. The smallest absolute Gasteiger partial charge is 0.243 e. The van der Waals surface area contributed by atoms with Gasteiger partial charge in [-0.15, -0.1) is 0 Å². The number of hydrogen-bond acceptors (Lipinski definition) is 5. The van der Waals surface area contributed by atoms with E-state index in [4.69, 9.17) is 4.74 Å². The van der Waals surface area contributed by atoms with Crippen LogP contribution in [0.25, 0.3) is 10.2 Å². The summed E-state index contributed by atoms with van der Waals surface area (Å²) in [5, 5.41) is 3.70. The van der Waals surface area contributed by atoms with E-state index in [0.717, 1.165) is 36.8 Å². The van der Waals surface area contributed by atoms with Crippen molar-refractivity contribution in [2.75, 3.05) is 30.9 Å². The van der Waals surface area contributed by atoms with Crippen LogP contribution in [0, 0.1) is 6.92 Å². The van der Waals surface area contributed by atoms with Crippen LogP contribution in [0.15, 0.2) is 40.9 Å². The van der Waals surface area contributed by atoms with Crippen molar-refractivity contribution < 1.29 is 9.53 Å². The highest BCUT2D eigenvalue weighted by molar-refractivity contribution is 9.10. The molecule has 0 fully saturated rings. The van der Waals surface area contributed by atoms with Gasteiger partial charge in [-0.3, -0.25) is 4.79 Å². The summed E-state index contributed by atoms with van der Waals surface area (Å²) in [6, 6.07) is 11.5. The first kappa shape index (κ1) is 17.7. The normalized spacial score (nSPS) is 10.7. The van der Waals surface area contributed by atoms with Crippen molar-refractivity contribution in [3.8, 4) is 5.75 Å². The van der Waals surface area contributed by atoms with Crippen molar-refractivity contribution in [1.29, 1.82) is 0 Å². The lowest BCUT2D eigenvalue weighted by Gasteiger charge is -2.15. The van der Waals surface area contributed by atoms with Crippen LogP contribution in [0.3, 0.4) is 0 Å². The molecule has 3 rings (SSSR count). The van der Waals surface area contributed by atoms with Gasteiger partial charge in [0.1, 0.15) is 11.3 Å². The van der Waals surface area contributed by atoms with E-state index in [-0.39, 0.29) is 12.5 Å². The van der Waals surface area contributed by atoms with Crippen LogP contribution in [0.5, 0.6) is 5.75 Å². The molecule has 1 amide bonds. The fourth-order valence-electron chi connectivity index (χ4n) is 2.45. The molecule has 2 aromatic carbocycles. The van der Waals surface area contributed by atoms with Crippen molar-refractivity contribution in [2.45, 2.75) is 6.92 Å². The Hall–Kier alpha value is -2.12. The molecule has 0 radical (unpaired) electrons. The molecular formula is C18H18BrN3O2S. The fraction of sp³-hybridized carbons (Fsp3) is 0.222. The quantitative estimate of drug-likeness (QED) is 0.663. The Morgan fingerprint density at radius 1 is 1.36 bits per heavy atom. The number of nitrogens with one attached hydrogen (secondary N) is 1. The van der Waals surface area contributed by atoms with Crippen LogP contribution in [0.1, 0.15) is 5.56 Å². The summed E-state index contributed by atoms with van der Waals surface area (Å²) in [6.07, 6.45) is 0. The Morgan fingerprint density at radius 3 is 2.88 bits per heavy atom. The van der Waals surface area contributed by atoms with Crippen molar-refractivity contribution in [3.05, 3.63) is 46.4 Å². The molecule has 5 nitrogen and oxygen atoms in total. The Bertz CT molecular complexity index is 926. The molecule has 0 atom stereocenters. The number of fused-ring (bicyclic) bond motifs is 1. The van der Waals surface area contributed by atoms with Crippen molar-refractivity contribution in [1.82, 2.24) is 4.98 Å². The molecule has 0 aliphatic rings. The summed E-state index contributed by atoms with van der Waals surface area (Å²) < 4.78 is 7.40. The highest BCUT2D eigenvalue weighted by atomic mass is 79.9. The first-order valence-corrected chi connectivity index (χ1v) is 9.29. The predicted molar refractivity (Wildman–Crippen MR) is 107 cm³/mol. The zero-order valence-electron chi connectivity index (χ0n) is 14.2. The van der Waals surface area contributed by atoms with E-state index in [1.807, 2.05) is 55.3 Å². The lowest BCUT2D eigenvalue weighted by Crippen LogP contribution is -2.29. The maximum Gasteiger partial charge on any atom is 0.243 e. The van der Waals surface area contributed by atoms with E-state index < -0.39 is 0 Å². The van der Waals surface area contributed by atoms with Gasteiger partial charge in [0.2, 0.25) is 5.91 Å². The van der Waals surface area contributed by atoms with Crippen LogP contribution in [0.2, 0.25) is 0 Å². The molecule has 0 bridgehead atoms. The molecule has 0 unspecified atom stereocenters. The Kier molecular flexibility index (Phi) is 5.24. The number of benzene rings is 2. The van der Waals surface area contributed by atoms with Crippen LogP contribution in [-0.2, 0) is 4.79 Å². The number of methoxy groups -OCH3 is 1. The molecule has 1 N–H and O–H groups in total. The van der Waals surface area contributed by atoms with E-state index in [9.17, 15) is 4.79 Å². The van der Waals surface area contributed by atoms with Crippen LogP contribution < -0.4 is 15.0 Å². The average Bonchev–Trinajstić information content (AvgIpc) is 3.02. The van der Waals surface area contributed by atoms with Crippen LogP contribution >= 0.6 is 27.3 Å². The Balaban J connectivity index is 1.72. The third-order valence-corrected chi connectivity index (χ3v) is 5.76. The number of para-hydroxylation sites is 1. The molecule has 1 heterocycles. The second-order valence-corrected chi connectivity index (χ2v) is 7.54. The van der Waals surface area contributed by atoms with Crippen molar-refractivity contribution in [2.24, 2.45) is 0 Å². The van der Waals surface area contributed by atoms with Crippen LogP contribution in [0.4, 0.5) is 10.8 Å². The van der Waals surface area contributed by atoms with E-state index in [1.165, 1.54) is 11.3 Å². The highest BCUT2D eigenvalue weighted by Gasteiger charge is 2.14. The second-order valence-electron chi connectivity index (χ2n) is 5.67. The zero-order chi connectivity index (χ0) is 18.0. The molecule has 25 heavy (non-hydrogen) atoms. The molecule has 0 aliphatic carbocycles. The predicted octanol–water partition coefficient (Wildman–Crippen LogP) is 4.45. The van der Waals surface area contributed by atoms with E-state index in [2.05, 4.69) is 26.2 Å². The second kappa shape index (κ2) is 7.41. The number of likely N-dealkylation sites (N-methyl/N-ethyl adjacent to an activating group) is 1. The summed E-state index contributed by atoms with van der Waals surface area (Å²) in [5.41, 5.74) is 2.68. The summed E-state index contributed by atoms with van der Waals surface area (Å²) in [4.78, 5) is 18.8. The monoisotopic (exact) mass is 419 g/mol. The number of nitrogens with zero attached hydrogens (tertiary/aromatic N) is 2. The van der Waals surface area contributed by atoms with Gasteiger partial charge in [0, 0.05) is 17.2 Å². The summed E-state index contributed by atoms with van der Waals surface area (Å²) in [7, 11) is 3.49. The number of aromatic nitrogens is 1. The average molecular weight is 420 g/mol. The van der Waals surface area contributed by atoms with Crippen molar-refractivity contribution in [3.63, 3.8) is 0 Å².